The van der Waals surface area contributed by atoms with Gasteiger partial charge in [-0.3, -0.25) is 14.4 Å². The molecular formula is C14H24N2O6S. The molecule has 0 aliphatic rings. The number of thioether (sulfide) groups is 1. The quantitative estimate of drug-likeness (QED) is 0.458. The summed E-state index contributed by atoms with van der Waals surface area (Å²) in [5, 5.41) is 23.6. The molecule has 2 atom stereocenters. The third kappa shape index (κ3) is 8.68. The lowest BCUT2D eigenvalue weighted by atomic mass is 9.89. The number of amides is 1. The first-order chi connectivity index (χ1) is 10.3. The molecule has 0 heterocycles. The van der Waals surface area contributed by atoms with Crippen molar-refractivity contribution < 1.29 is 33.9 Å². The second kappa shape index (κ2) is 8.42. The van der Waals surface area contributed by atoms with Crippen LogP contribution in [0.1, 0.15) is 20.3 Å². The lowest BCUT2D eigenvalue weighted by Gasteiger charge is -2.36. The highest BCUT2D eigenvalue weighted by atomic mass is 32.2. The first-order valence-electron chi connectivity index (χ1n) is 6.94. The fourth-order valence-electron chi connectivity index (χ4n) is 2.20. The minimum Gasteiger partial charge on any atom is -0.550 e. The Balaban J connectivity index is 5.50. The Morgan fingerprint density at radius 1 is 1.22 bits per heavy atom. The molecule has 9 heteroatoms. The molecule has 0 saturated carbocycles. The van der Waals surface area contributed by atoms with Gasteiger partial charge in [0.15, 0.2) is 16.5 Å². The molecule has 0 fully saturated rings. The summed E-state index contributed by atoms with van der Waals surface area (Å²) in [6.07, 6.45) is -0.887. The van der Waals surface area contributed by atoms with Gasteiger partial charge in [0.05, 0.1) is 21.1 Å². The zero-order valence-electron chi connectivity index (χ0n) is 14.0. The summed E-state index contributed by atoms with van der Waals surface area (Å²) in [6, 6.07) is -1.17. The number of likely N-dealkylation sites (N-methyl/N-ethyl adjacent to an activating group) is 1. The van der Waals surface area contributed by atoms with E-state index in [0.717, 1.165) is 11.8 Å². The van der Waals surface area contributed by atoms with E-state index in [9.17, 15) is 29.4 Å². The average Bonchev–Trinajstić information content (AvgIpc) is 2.29. The van der Waals surface area contributed by atoms with Gasteiger partial charge in [0, 0.05) is 32.0 Å². The van der Waals surface area contributed by atoms with Crippen molar-refractivity contribution in [2.45, 2.75) is 31.9 Å². The van der Waals surface area contributed by atoms with Gasteiger partial charge in [-0.1, -0.05) is 11.8 Å². The summed E-state index contributed by atoms with van der Waals surface area (Å²) < 4.78 is 0.127. The van der Waals surface area contributed by atoms with Gasteiger partial charge in [0.25, 0.3) is 0 Å². The largest absolute Gasteiger partial charge is 0.550 e. The Bertz CT molecular complexity index is 488. The lowest BCUT2D eigenvalue weighted by molar-refractivity contribution is -0.875. The fraction of sp³-hybridized carbons (Fsp3) is 0.714. The molecule has 0 aromatic heterocycles. The molecule has 1 unspecified atom stereocenters. The van der Waals surface area contributed by atoms with Crippen LogP contribution in [-0.2, 0) is 19.2 Å². The Labute approximate surface area is 139 Å². The van der Waals surface area contributed by atoms with Gasteiger partial charge in [-0.25, -0.2) is 0 Å². The molecular weight excluding hydrogens is 324 g/mol. The van der Waals surface area contributed by atoms with Crippen molar-refractivity contribution in [1.82, 2.24) is 5.32 Å². The smallest absolute Gasteiger partial charge is 0.217 e. The van der Waals surface area contributed by atoms with Crippen LogP contribution in [0, 0.1) is 0 Å². The number of aliphatic hydroxyl groups is 1. The van der Waals surface area contributed by atoms with Crippen LogP contribution in [0.5, 0.6) is 0 Å². The van der Waals surface area contributed by atoms with Crippen molar-refractivity contribution in [3.63, 3.8) is 0 Å². The van der Waals surface area contributed by atoms with E-state index in [1.165, 1.54) is 13.8 Å². The molecule has 1 amide bonds. The van der Waals surface area contributed by atoms with Gasteiger partial charge in [0.1, 0.15) is 12.6 Å². The number of rotatable bonds is 9. The molecule has 0 aromatic carbocycles. The molecule has 23 heavy (non-hydrogen) atoms. The van der Waals surface area contributed by atoms with Gasteiger partial charge in [-0.15, -0.1) is 0 Å². The molecule has 8 nitrogen and oxygen atoms in total. The van der Waals surface area contributed by atoms with E-state index in [1.807, 2.05) is 0 Å². The third-order valence-corrected chi connectivity index (χ3v) is 3.69. The molecule has 0 saturated heterocycles. The maximum absolute atomic E-state index is 12.6. The number of ketones is 1. The second-order valence-corrected chi connectivity index (χ2v) is 7.65. The highest BCUT2D eigenvalue weighted by molar-refractivity contribution is 8.13. The van der Waals surface area contributed by atoms with E-state index in [-0.39, 0.29) is 21.9 Å². The Hall–Kier alpha value is -1.45. The van der Waals surface area contributed by atoms with Crippen molar-refractivity contribution in [2.24, 2.45) is 0 Å². The number of hydrogen-bond acceptors (Lipinski definition) is 7. The summed E-state index contributed by atoms with van der Waals surface area (Å²) >= 11 is 0.809. The first-order valence-corrected chi connectivity index (χ1v) is 7.93. The lowest BCUT2D eigenvalue weighted by Crippen LogP contribution is -2.61. The SMILES string of the molecule is CC(=O)N[C@@H](CSC(C)=O)C(=O)C(O)(CC(=O)[O-])C[N+](C)(C)C. The molecule has 0 aliphatic carbocycles. The summed E-state index contributed by atoms with van der Waals surface area (Å²) in [4.78, 5) is 45.9. The molecule has 0 radical (unpaired) electrons. The van der Waals surface area contributed by atoms with Crippen molar-refractivity contribution in [3.05, 3.63) is 0 Å². The molecule has 0 aliphatic heterocycles. The number of quaternary nitrogens is 1. The molecule has 0 spiro atoms. The first kappa shape index (κ1) is 21.6. The van der Waals surface area contributed by atoms with Crippen molar-refractivity contribution in [2.75, 3.05) is 33.4 Å². The number of nitrogens with one attached hydrogen (secondary N) is 1. The summed E-state index contributed by atoms with van der Waals surface area (Å²) in [6.45, 7) is 2.32. The number of carboxylic acids is 1. The maximum atomic E-state index is 12.6. The number of carbonyl (C=O) groups excluding carboxylic acids is 4. The monoisotopic (exact) mass is 348 g/mol. The van der Waals surface area contributed by atoms with Crippen molar-refractivity contribution >= 4 is 34.5 Å². The van der Waals surface area contributed by atoms with Crippen LogP contribution in [-0.4, -0.2) is 77.4 Å². The molecule has 0 rings (SSSR count). The van der Waals surface area contributed by atoms with Crippen LogP contribution >= 0.6 is 11.8 Å². The topological polar surface area (TPSA) is 124 Å². The number of Topliss-reactive ketones (excluding diaryl/α,β-unsaturated/α-hetero) is 1. The predicted octanol–water partition coefficient (Wildman–Crippen LogP) is -2.08. The molecule has 0 aromatic rings. The normalized spacial score (nSPS) is 15.4. The van der Waals surface area contributed by atoms with Gasteiger partial charge in [0.2, 0.25) is 5.91 Å². The predicted molar refractivity (Wildman–Crippen MR) is 83.2 cm³/mol. The zero-order valence-corrected chi connectivity index (χ0v) is 14.9. The van der Waals surface area contributed by atoms with E-state index >= 15 is 0 Å². The van der Waals surface area contributed by atoms with Crippen molar-refractivity contribution in [1.29, 1.82) is 0 Å². The average molecular weight is 348 g/mol. The second-order valence-electron chi connectivity index (χ2n) is 6.45. The minimum absolute atomic E-state index is 0.0831. The van der Waals surface area contributed by atoms with Crippen LogP contribution in [0.4, 0.5) is 0 Å². The summed E-state index contributed by atoms with van der Waals surface area (Å²) in [5.41, 5.74) is -2.21. The van der Waals surface area contributed by atoms with E-state index in [0.29, 0.717) is 0 Å². The summed E-state index contributed by atoms with van der Waals surface area (Å²) in [7, 11) is 5.06. The van der Waals surface area contributed by atoms with Crippen molar-refractivity contribution in [3.8, 4) is 0 Å². The molecule has 0 bridgehead atoms. The molecule has 2 N–H and O–H groups in total. The minimum atomic E-state index is -2.21. The van der Waals surface area contributed by atoms with Gasteiger partial charge in [-0.2, -0.15) is 0 Å². The van der Waals surface area contributed by atoms with E-state index in [4.69, 9.17) is 0 Å². The maximum Gasteiger partial charge on any atom is 0.217 e. The van der Waals surface area contributed by atoms with Crippen LogP contribution in [0.2, 0.25) is 0 Å². The third-order valence-electron chi connectivity index (χ3n) is 2.78. The van der Waals surface area contributed by atoms with Crippen LogP contribution < -0.4 is 10.4 Å². The zero-order chi connectivity index (χ0) is 18.4. The highest BCUT2D eigenvalue weighted by Crippen LogP contribution is 2.19. The van der Waals surface area contributed by atoms with E-state index in [2.05, 4.69) is 5.32 Å². The Morgan fingerprint density at radius 3 is 2.09 bits per heavy atom. The van der Waals surface area contributed by atoms with Gasteiger partial charge < -0.3 is 24.8 Å². The standard InChI is InChI=1S/C14H24N2O6S/c1-9(17)15-11(7-23-10(2)18)13(21)14(22,6-12(19)20)8-16(3,4)5/h11,22H,6-8H2,1-5H3,(H-,15,17,19,20)/t11-,14?/m0/s1. The van der Waals surface area contributed by atoms with Crippen LogP contribution in [0.25, 0.3) is 0 Å². The Kier molecular flexibility index (Phi) is 7.89. The van der Waals surface area contributed by atoms with E-state index in [1.54, 1.807) is 21.1 Å². The Morgan fingerprint density at radius 2 is 1.74 bits per heavy atom. The van der Waals surface area contributed by atoms with Crippen LogP contribution in [0.15, 0.2) is 0 Å². The highest BCUT2D eigenvalue weighted by Gasteiger charge is 2.44. The van der Waals surface area contributed by atoms with Gasteiger partial charge in [-0.05, 0) is 0 Å². The number of hydrogen-bond donors (Lipinski definition) is 2. The number of nitrogens with zero attached hydrogens (tertiary/aromatic N) is 1. The number of aliphatic carboxylic acids is 1. The number of carboxylic acid groups (broad SMARTS) is 1. The van der Waals surface area contributed by atoms with Crippen LogP contribution in [0.3, 0.4) is 0 Å². The summed E-state index contributed by atoms with van der Waals surface area (Å²) in [5.74, 6) is -3.03. The fourth-order valence-corrected chi connectivity index (χ4v) is 2.83. The number of carbonyl (C=O) groups is 4. The van der Waals surface area contributed by atoms with E-state index < -0.39 is 35.7 Å². The van der Waals surface area contributed by atoms with Gasteiger partial charge >= 0.3 is 0 Å². The molecule has 132 valence electrons.